The number of guanidine groups is 1. The minimum absolute atomic E-state index is 0.0254. The van der Waals surface area contributed by atoms with Gasteiger partial charge in [0.05, 0.1) is 6.04 Å². The Balaban J connectivity index is 1.57. The van der Waals surface area contributed by atoms with Gasteiger partial charge in [0.15, 0.2) is 5.96 Å². The smallest absolute Gasteiger partial charge is 0.251 e. The first kappa shape index (κ1) is 22.8. The molecule has 1 atom stereocenters. The van der Waals surface area contributed by atoms with Crippen molar-refractivity contribution in [3.8, 4) is 0 Å². The van der Waals surface area contributed by atoms with E-state index in [4.69, 9.17) is 0 Å². The Morgan fingerprint density at radius 1 is 1.03 bits per heavy atom. The maximum absolute atomic E-state index is 12.2. The van der Waals surface area contributed by atoms with Crippen molar-refractivity contribution >= 4 is 11.9 Å². The average molecular weight is 422 g/mol. The van der Waals surface area contributed by atoms with Crippen molar-refractivity contribution in [2.75, 3.05) is 33.2 Å². The second kappa shape index (κ2) is 12.1. The van der Waals surface area contributed by atoms with Gasteiger partial charge >= 0.3 is 0 Å². The van der Waals surface area contributed by atoms with Crippen LogP contribution in [0.4, 0.5) is 0 Å². The van der Waals surface area contributed by atoms with Crippen LogP contribution in [0, 0.1) is 0 Å². The van der Waals surface area contributed by atoms with E-state index >= 15 is 0 Å². The Kier molecular flexibility index (Phi) is 8.91. The maximum Gasteiger partial charge on any atom is 0.251 e. The van der Waals surface area contributed by atoms with Crippen LogP contribution >= 0.6 is 0 Å². The number of nitrogens with zero attached hydrogens (tertiary/aromatic N) is 2. The summed E-state index contributed by atoms with van der Waals surface area (Å²) in [5.41, 5.74) is 3.07. The first-order valence-corrected chi connectivity index (χ1v) is 11.3. The van der Waals surface area contributed by atoms with Gasteiger partial charge in [-0.05, 0) is 55.6 Å². The topological polar surface area (TPSA) is 68.8 Å². The minimum atomic E-state index is -0.0254. The molecule has 0 saturated carbocycles. The predicted octanol–water partition coefficient (Wildman–Crippen LogP) is 3.33. The fourth-order valence-electron chi connectivity index (χ4n) is 3.95. The van der Waals surface area contributed by atoms with E-state index in [0.29, 0.717) is 24.7 Å². The summed E-state index contributed by atoms with van der Waals surface area (Å²) in [6.07, 6.45) is 3.45. The largest absolute Gasteiger partial charge is 0.354 e. The Hall–Kier alpha value is -2.86. The summed E-state index contributed by atoms with van der Waals surface area (Å²) in [5.74, 6) is 0.739. The fraction of sp³-hybridized carbons (Fsp3) is 0.440. The molecule has 31 heavy (non-hydrogen) atoms. The molecule has 2 aromatic rings. The minimum Gasteiger partial charge on any atom is -0.354 e. The highest BCUT2D eigenvalue weighted by Crippen LogP contribution is 2.24. The van der Waals surface area contributed by atoms with Crippen LogP contribution in [0.2, 0.25) is 0 Å². The van der Waals surface area contributed by atoms with Crippen LogP contribution in [0.1, 0.15) is 53.7 Å². The van der Waals surface area contributed by atoms with Crippen molar-refractivity contribution < 1.29 is 4.79 Å². The van der Waals surface area contributed by atoms with E-state index in [1.165, 1.54) is 18.4 Å². The Morgan fingerprint density at radius 3 is 2.52 bits per heavy atom. The molecule has 3 N–H and O–H groups in total. The number of carbonyl (C=O) groups excluding carboxylic acids is 1. The lowest BCUT2D eigenvalue weighted by atomic mass is 10.1. The van der Waals surface area contributed by atoms with E-state index in [1.54, 1.807) is 7.05 Å². The van der Waals surface area contributed by atoms with E-state index < -0.39 is 0 Å². The van der Waals surface area contributed by atoms with Gasteiger partial charge in [0.2, 0.25) is 0 Å². The SMILES string of the molecule is CCCNC(=O)c1cccc(CNC(=NC)NCC(c2ccccc2)N2CCCC2)c1. The van der Waals surface area contributed by atoms with Gasteiger partial charge in [0.1, 0.15) is 0 Å². The van der Waals surface area contributed by atoms with Gasteiger partial charge < -0.3 is 16.0 Å². The normalized spacial score (nSPS) is 15.5. The molecule has 1 aliphatic heterocycles. The summed E-state index contributed by atoms with van der Waals surface area (Å²) >= 11 is 0. The van der Waals surface area contributed by atoms with E-state index in [2.05, 4.69) is 56.2 Å². The van der Waals surface area contributed by atoms with Crippen LogP contribution in [0.25, 0.3) is 0 Å². The molecular formula is C25H35N5O. The highest BCUT2D eigenvalue weighted by Gasteiger charge is 2.23. The van der Waals surface area contributed by atoms with Gasteiger partial charge in [-0.15, -0.1) is 0 Å². The summed E-state index contributed by atoms with van der Waals surface area (Å²) < 4.78 is 0. The number of nitrogens with one attached hydrogen (secondary N) is 3. The zero-order valence-electron chi connectivity index (χ0n) is 18.7. The predicted molar refractivity (Wildman–Crippen MR) is 127 cm³/mol. The molecule has 1 unspecified atom stereocenters. The molecule has 0 bridgehead atoms. The summed E-state index contributed by atoms with van der Waals surface area (Å²) in [7, 11) is 1.79. The van der Waals surface area contributed by atoms with Crippen molar-refractivity contribution in [1.29, 1.82) is 0 Å². The number of amides is 1. The van der Waals surface area contributed by atoms with Crippen molar-refractivity contribution in [2.45, 2.75) is 38.8 Å². The van der Waals surface area contributed by atoms with Crippen LogP contribution in [-0.4, -0.2) is 50.0 Å². The van der Waals surface area contributed by atoms with Crippen LogP contribution in [0.3, 0.4) is 0 Å². The molecule has 3 rings (SSSR count). The number of carbonyl (C=O) groups is 1. The molecule has 1 saturated heterocycles. The number of aliphatic imine (C=N–C) groups is 1. The molecule has 2 aromatic carbocycles. The fourth-order valence-corrected chi connectivity index (χ4v) is 3.95. The molecule has 1 fully saturated rings. The molecule has 0 aliphatic carbocycles. The number of benzene rings is 2. The Labute approximate surface area is 186 Å². The third-order valence-corrected chi connectivity index (χ3v) is 5.64. The van der Waals surface area contributed by atoms with Crippen molar-refractivity contribution in [3.05, 3.63) is 71.3 Å². The molecule has 6 heteroatoms. The van der Waals surface area contributed by atoms with Crippen LogP contribution in [-0.2, 0) is 6.54 Å². The second-order valence-electron chi connectivity index (χ2n) is 7.93. The first-order chi connectivity index (χ1) is 15.2. The number of likely N-dealkylation sites (tertiary alicyclic amines) is 1. The summed E-state index contributed by atoms with van der Waals surface area (Å²) in [4.78, 5) is 19.2. The first-order valence-electron chi connectivity index (χ1n) is 11.3. The molecule has 166 valence electrons. The Morgan fingerprint density at radius 2 is 1.81 bits per heavy atom. The summed E-state index contributed by atoms with van der Waals surface area (Å²) in [5, 5.41) is 9.81. The quantitative estimate of drug-likeness (QED) is 0.429. The highest BCUT2D eigenvalue weighted by atomic mass is 16.1. The second-order valence-corrected chi connectivity index (χ2v) is 7.93. The Bertz CT molecular complexity index is 846. The van der Waals surface area contributed by atoms with Crippen LogP contribution in [0.5, 0.6) is 0 Å². The number of hydrogen-bond acceptors (Lipinski definition) is 3. The highest BCUT2D eigenvalue weighted by molar-refractivity contribution is 5.94. The monoisotopic (exact) mass is 421 g/mol. The van der Waals surface area contributed by atoms with Gasteiger partial charge in [-0.1, -0.05) is 49.4 Å². The lowest BCUT2D eigenvalue weighted by molar-refractivity contribution is 0.0953. The molecule has 1 aliphatic rings. The zero-order valence-corrected chi connectivity index (χ0v) is 18.7. The van der Waals surface area contributed by atoms with Gasteiger partial charge in [0, 0.05) is 32.2 Å². The molecule has 0 aromatic heterocycles. The van der Waals surface area contributed by atoms with Crippen molar-refractivity contribution in [2.24, 2.45) is 4.99 Å². The zero-order chi connectivity index (χ0) is 21.9. The average Bonchev–Trinajstić information content (AvgIpc) is 3.35. The van der Waals surface area contributed by atoms with Gasteiger partial charge in [-0.3, -0.25) is 14.7 Å². The number of hydrogen-bond donors (Lipinski definition) is 3. The van der Waals surface area contributed by atoms with Crippen LogP contribution in [0.15, 0.2) is 59.6 Å². The molecule has 6 nitrogen and oxygen atoms in total. The third-order valence-electron chi connectivity index (χ3n) is 5.64. The van der Waals surface area contributed by atoms with Crippen molar-refractivity contribution in [3.63, 3.8) is 0 Å². The maximum atomic E-state index is 12.2. The summed E-state index contributed by atoms with van der Waals surface area (Å²) in [6.45, 7) is 6.42. The van der Waals surface area contributed by atoms with Gasteiger partial charge in [0.25, 0.3) is 5.91 Å². The van der Waals surface area contributed by atoms with E-state index in [0.717, 1.165) is 37.6 Å². The molecule has 0 spiro atoms. The molecule has 1 amide bonds. The molecule has 1 heterocycles. The molecule has 0 radical (unpaired) electrons. The van der Waals surface area contributed by atoms with Crippen LogP contribution < -0.4 is 16.0 Å². The van der Waals surface area contributed by atoms with Gasteiger partial charge in [-0.25, -0.2) is 0 Å². The van der Waals surface area contributed by atoms with E-state index in [9.17, 15) is 4.79 Å². The lowest BCUT2D eigenvalue weighted by Gasteiger charge is -2.29. The third kappa shape index (κ3) is 6.82. The van der Waals surface area contributed by atoms with Gasteiger partial charge in [-0.2, -0.15) is 0 Å². The van der Waals surface area contributed by atoms with E-state index in [-0.39, 0.29) is 5.91 Å². The molecular weight excluding hydrogens is 386 g/mol. The van der Waals surface area contributed by atoms with E-state index in [1.807, 2.05) is 31.2 Å². The van der Waals surface area contributed by atoms with Crippen molar-refractivity contribution in [1.82, 2.24) is 20.9 Å². The number of rotatable bonds is 9. The lowest BCUT2D eigenvalue weighted by Crippen LogP contribution is -2.42. The standard InChI is InChI=1S/C25H35N5O/c1-3-14-27-24(31)22-13-9-10-20(17-22)18-28-25(26-2)29-19-23(30-15-7-8-16-30)21-11-5-4-6-12-21/h4-6,9-13,17,23H,3,7-8,14-16,18-19H2,1-2H3,(H,27,31)(H2,26,28,29). The summed E-state index contributed by atoms with van der Waals surface area (Å²) in [6, 6.07) is 18.7.